The predicted octanol–water partition coefficient (Wildman–Crippen LogP) is 5.30. The lowest BCUT2D eigenvalue weighted by Crippen LogP contribution is -2.51. The summed E-state index contributed by atoms with van der Waals surface area (Å²) in [6, 6.07) is 1.85. The number of carbonyl (C=O) groups excluding carboxylic acids is 1. The maximum Gasteiger partial charge on any atom is 0.404 e. The lowest BCUT2D eigenvalue weighted by Gasteiger charge is -2.44. The molecule has 7 nitrogen and oxygen atoms in total. The van der Waals surface area contributed by atoms with Crippen molar-refractivity contribution in [1.82, 2.24) is 14.5 Å². The van der Waals surface area contributed by atoms with Gasteiger partial charge in [0.25, 0.3) is 0 Å². The number of Topliss-reactive ketones (excluding diaryl/α,β-unsaturated/α-hetero) is 1. The molecule has 2 heterocycles. The molecule has 0 bridgehead atoms. The van der Waals surface area contributed by atoms with Crippen molar-refractivity contribution < 1.29 is 19.4 Å². The van der Waals surface area contributed by atoms with Crippen LogP contribution in [0.15, 0.2) is 18.5 Å². The normalized spacial score (nSPS) is 19.2. The van der Waals surface area contributed by atoms with Gasteiger partial charge in [0.2, 0.25) is 0 Å². The van der Waals surface area contributed by atoms with Gasteiger partial charge in [0, 0.05) is 17.3 Å². The molecular formula is C23H35N3O4Si. The maximum absolute atomic E-state index is 13.4. The number of aromatic nitrogens is 2. The Morgan fingerprint density at radius 3 is 2.23 bits per heavy atom. The largest absolute Gasteiger partial charge is 0.494 e. The van der Waals surface area contributed by atoms with Crippen LogP contribution in [0.4, 0.5) is 4.79 Å². The van der Waals surface area contributed by atoms with E-state index in [4.69, 9.17) is 14.8 Å². The van der Waals surface area contributed by atoms with Gasteiger partial charge in [-0.25, -0.2) is 9.78 Å². The average molecular weight is 446 g/mol. The van der Waals surface area contributed by atoms with Crippen LogP contribution in [0.25, 0.3) is 11.0 Å². The van der Waals surface area contributed by atoms with Crippen molar-refractivity contribution >= 4 is 31.1 Å². The van der Waals surface area contributed by atoms with Crippen molar-refractivity contribution in [2.45, 2.75) is 77.0 Å². The zero-order chi connectivity index (χ0) is 23.1. The van der Waals surface area contributed by atoms with Gasteiger partial charge in [0.15, 0.2) is 14.0 Å². The summed E-state index contributed by atoms with van der Waals surface area (Å²) in [5.41, 5.74) is 2.93. The number of hydrogen-bond acceptors (Lipinski definition) is 4. The Labute approximate surface area is 185 Å². The standard InChI is InChI=1S/C23H35N3O4Si/c1-13(2)31(14(3)4,15(5)6)26-9-8-18-20(19(30-7)12-24-22(18)26)21(27)16-10-17(11-16)25-23(28)29/h8-9,12-17,25H,10-11H2,1-7H3,(H,28,29). The lowest BCUT2D eigenvalue weighted by atomic mass is 9.75. The summed E-state index contributed by atoms with van der Waals surface area (Å²) in [5.74, 6) is 0.286. The molecule has 1 aliphatic rings. The Hall–Kier alpha value is -2.35. The number of carboxylic acid groups (broad SMARTS) is 1. The van der Waals surface area contributed by atoms with Crippen LogP contribution in [0.2, 0.25) is 16.6 Å². The summed E-state index contributed by atoms with van der Waals surface area (Å²) in [4.78, 5) is 29.1. The SMILES string of the molecule is COc1cnc2c(ccn2[Si](C(C)C)(C(C)C)C(C)C)c1C(=O)C1CC(NC(=O)O)C1. The van der Waals surface area contributed by atoms with Crippen LogP contribution in [0, 0.1) is 5.92 Å². The monoisotopic (exact) mass is 445 g/mol. The first-order valence-electron chi connectivity index (χ1n) is 11.1. The van der Waals surface area contributed by atoms with E-state index in [-0.39, 0.29) is 17.7 Å². The van der Waals surface area contributed by atoms with E-state index in [9.17, 15) is 9.59 Å². The van der Waals surface area contributed by atoms with E-state index in [2.05, 4.69) is 57.3 Å². The van der Waals surface area contributed by atoms with Crippen molar-refractivity contribution in [2.75, 3.05) is 7.11 Å². The van der Waals surface area contributed by atoms with Crippen LogP contribution in [-0.4, -0.2) is 47.6 Å². The third-order valence-electron chi connectivity index (χ3n) is 7.17. The number of fused-ring (bicyclic) bond motifs is 1. The number of amides is 1. The summed E-state index contributed by atoms with van der Waals surface area (Å²) in [5, 5.41) is 12.2. The zero-order valence-corrected chi connectivity index (χ0v) is 20.6. The summed E-state index contributed by atoms with van der Waals surface area (Å²) in [6.45, 7) is 13.8. The summed E-state index contributed by atoms with van der Waals surface area (Å²) < 4.78 is 7.93. The van der Waals surface area contributed by atoms with E-state index in [1.165, 1.54) is 0 Å². The first-order chi connectivity index (χ1) is 14.5. The molecule has 8 heteroatoms. The van der Waals surface area contributed by atoms with Crippen molar-refractivity contribution in [1.29, 1.82) is 0 Å². The Morgan fingerprint density at radius 1 is 1.16 bits per heavy atom. The third-order valence-corrected chi connectivity index (χ3v) is 13.9. The highest BCUT2D eigenvalue weighted by atomic mass is 28.3. The summed E-state index contributed by atoms with van der Waals surface area (Å²) in [7, 11) is -0.468. The summed E-state index contributed by atoms with van der Waals surface area (Å²) >= 11 is 0. The van der Waals surface area contributed by atoms with Crippen LogP contribution in [-0.2, 0) is 0 Å². The van der Waals surface area contributed by atoms with E-state index >= 15 is 0 Å². The molecule has 1 fully saturated rings. The van der Waals surface area contributed by atoms with Gasteiger partial charge in [-0.15, -0.1) is 0 Å². The molecule has 1 saturated carbocycles. The van der Waals surface area contributed by atoms with Crippen LogP contribution in [0.1, 0.15) is 64.7 Å². The van der Waals surface area contributed by atoms with Gasteiger partial charge in [-0.1, -0.05) is 41.5 Å². The minimum absolute atomic E-state index is 0.0105. The number of hydrogen-bond donors (Lipinski definition) is 2. The van der Waals surface area contributed by atoms with Gasteiger partial charge < -0.3 is 19.4 Å². The van der Waals surface area contributed by atoms with Gasteiger partial charge in [-0.05, 0) is 41.7 Å². The molecule has 0 aromatic carbocycles. The van der Waals surface area contributed by atoms with Gasteiger partial charge in [0.05, 0.1) is 18.9 Å². The van der Waals surface area contributed by atoms with Crippen molar-refractivity contribution in [3.8, 4) is 5.75 Å². The van der Waals surface area contributed by atoms with Gasteiger partial charge in [-0.3, -0.25) is 4.79 Å². The molecule has 0 atom stereocenters. The second kappa shape index (κ2) is 8.65. The molecular weight excluding hydrogens is 410 g/mol. The zero-order valence-electron chi connectivity index (χ0n) is 19.6. The van der Waals surface area contributed by atoms with Crippen LogP contribution < -0.4 is 10.1 Å². The van der Waals surface area contributed by atoms with E-state index < -0.39 is 14.3 Å². The molecule has 0 spiro atoms. The molecule has 0 aliphatic heterocycles. The molecule has 3 rings (SSSR count). The van der Waals surface area contributed by atoms with E-state index in [0.29, 0.717) is 40.8 Å². The second-order valence-electron chi connectivity index (χ2n) is 9.65. The van der Waals surface area contributed by atoms with E-state index in [0.717, 1.165) is 11.0 Å². The van der Waals surface area contributed by atoms with Crippen molar-refractivity contribution in [3.05, 3.63) is 24.0 Å². The van der Waals surface area contributed by atoms with Crippen LogP contribution in [0.3, 0.4) is 0 Å². The molecule has 0 saturated heterocycles. The van der Waals surface area contributed by atoms with Gasteiger partial charge in [-0.2, -0.15) is 0 Å². The third kappa shape index (κ3) is 3.75. The molecule has 31 heavy (non-hydrogen) atoms. The number of carbonyl (C=O) groups is 2. The highest BCUT2D eigenvalue weighted by Crippen LogP contribution is 2.45. The molecule has 1 aliphatic carbocycles. The highest BCUT2D eigenvalue weighted by molar-refractivity contribution is 6.82. The predicted molar refractivity (Wildman–Crippen MR) is 125 cm³/mol. The molecule has 170 valence electrons. The van der Waals surface area contributed by atoms with Crippen LogP contribution >= 0.6 is 0 Å². The molecule has 0 radical (unpaired) electrons. The van der Waals surface area contributed by atoms with E-state index in [1.807, 2.05) is 6.07 Å². The fourth-order valence-corrected chi connectivity index (χ4v) is 12.5. The number of nitrogens with zero attached hydrogens (tertiary/aromatic N) is 2. The lowest BCUT2D eigenvalue weighted by molar-refractivity contribution is 0.0804. The molecule has 2 N–H and O–H groups in total. The number of pyridine rings is 1. The fourth-order valence-electron chi connectivity index (χ4n) is 5.95. The van der Waals surface area contributed by atoms with Gasteiger partial charge >= 0.3 is 6.09 Å². The first-order valence-corrected chi connectivity index (χ1v) is 13.3. The Morgan fingerprint density at radius 2 is 1.74 bits per heavy atom. The molecule has 2 aromatic rings. The number of ketones is 1. The molecule has 0 unspecified atom stereocenters. The number of ether oxygens (including phenoxy) is 1. The van der Waals surface area contributed by atoms with Crippen LogP contribution in [0.5, 0.6) is 5.75 Å². The molecule has 2 aromatic heterocycles. The average Bonchev–Trinajstić information content (AvgIpc) is 3.06. The fraction of sp³-hybridized carbons (Fsp3) is 0.609. The topological polar surface area (TPSA) is 93.5 Å². The molecule has 1 amide bonds. The highest BCUT2D eigenvalue weighted by Gasteiger charge is 2.46. The Balaban J connectivity index is 2.10. The van der Waals surface area contributed by atoms with Gasteiger partial charge in [0.1, 0.15) is 11.4 Å². The van der Waals surface area contributed by atoms with E-state index in [1.54, 1.807) is 13.3 Å². The number of methoxy groups -OCH3 is 1. The maximum atomic E-state index is 13.4. The Bertz CT molecular complexity index is 955. The number of nitrogens with one attached hydrogen (secondary N) is 1. The number of rotatable bonds is 8. The quantitative estimate of drug-likeness (QED) is 0.425. The minimum Gasteiger partial charge on any atom is -0.494 e. The second-order valence-corrected chi connectivity index (χ2v) is 15.4. The van der Waals surface area contributed by atoms with Crippen molar-refractivity contribution in [3.63, 3.8) is 0 Å². The van der Waals surface area contributed by atoms with Crippen molar-refractivity contribution in [2.24, 2.45) is 5.92 Å². The minimum atomic E-state index is -2.03. The first kappa shape index (κ1) is 23.3. The smallest absolute Gasteiger partial charge is 0.404 e. The summed E-state index contributed by atoms with van der Waals surface area (Å²) in [6.07, 6.45) is 3.77. The Kier molecular flexibility index (Phi) is 6.50.